The van der Waals surface area contributed by atoms with E-state index in [0.717, 1.165) is 15.9 Å². The van der Waals surface area contributed by atoms with Gasteiger partial charge < -0.3 is 14.8 Å². The van der Waals surface area contributed by atoms with Crippen LogP contribution in [-0.2, 0) is 0 Å². The molecule has 0 unspecified atom stereocenters. The van der Waals surface area contributed by atoms with Gasteiger partial charge in [-0.25, -0.2) is 4.39 Å². The summed E-state index contributed by atoms with van der Waals surface area (Å²) < 4.78 is 24.7. The van der Waals surface area contributed by atoms with Crippen LogP contribution in [0.25, 0.3) is 0 Å². The van der Waals surface area contributed by atoms with Crippen LogP contribution in [0.1, 0.15) is 0 Å². The van der Waals surface area contributed by atoms with Gasteiger partial charge in [-0.05, 0) is 36.4 Å². The molecule has 0 spiro atoms. The van der Waals surface area contributed by atoms with Gasteiger partial charge in [0.1, 0.15) is 12.4 Å². The summed E-state index contributed by atoms with van der Waals surface area (Å²) in [5.74, 6) is 0.666. The molecule has 0 aliphatic carbocycles. The van der Waals surface area contributed by atoms with E-state index < -0.39 is 0 Å². The third kappa shape index (κ3) is 4.13. The molecule has 0 saturated heterocycles. The van der Waals surface area contributed by atoms with E-state index in [1.165, 1.54) is 13.2 Å². The summed E-state index contributed by atoms with van der Waals surface area (Å²) in [5.41, 5.74) is 0.794. The normalized spacial score (nSPS) is 10.2. The number of benzene rings is 2. The Hall–Kier alpha value is -1.75. The molecule has 0 bridgehead atoms. The maximum atomic E-state index is 13.2. The van der Waals surface area contributed by atoms with Crippen molar-refractivity contribution in [3.05, 3.63) is 52.8 Å². The zero-order chi connectivity index (χ0) is 14.4. The molecule has 2 aromatic carbocycles. The quantitative estimate of drug-likeness (QED) is 0.804. The van der Waals surface area contributed by atoms with E-state index >= 15 is 0 Å². The fourth-order valence-electron chi connectivity index (χ4n) is 1.66. The van der Waals surface area contributed by atoms with Gasteiger partial charge in [0.05, 0.1) is 7.11 Å². The Morgan fingerprint density at radius 1 is 1.15 bits per heavy atom. The minimum absolute atomic E-state index is 0.226. The Balaban J connectivity index is 1.79. The van der Waals surface area contributed by atoms with Crippen LogP contribution in [0.15, 0.2) is 46.9 Å². The monoisotopic (exact) mass is 339 g/mol. The lowest BCUT2D eigenvalue weighted by Gasteiger charge is -2.10. The number of nitrogens with one attached hydrogen (secondary N) is 1. The molecule has 0 aromatic heterocycles. The molecule has 0 heterocycles. The molecule has 0 amide bonds. The van der Waals surface area contributed by atoms with Crippen LogP contribution in [0.3, 0.4) is 0 Å². The van der Waals surface area contributed by atoms with Crippen LogP contribution in [0.2, 0.25) is 0 Å². The van der Waals surface area contributed by atoms with Crippen molar-refractivity contribution in [3.8, 4) is 11.5 Å². The predicted molar refractivity (Wildman–Crippen MR) is 81.1 cm³/mol. The lowest BCUT2D eigenvalue weighted by atomic mass is 10.3. The average molecular weight is 340 g/mol. The first-order valence-corrected chi connectivity index (χ1v) is 6.94. The smallest absolute Gasteiger partial charge is 0.165 e. The van der Waals surface area contributed by atoms with Crippen molar-refractivity contribution in [2.75, 3.05) is 25.6 Å². The summed E-state index contributed by atoms with van der Waals surface area (Å²) in [4.78, 5) is 0. The Labute approximate surface area is 125 Å². The van der Waals surface area contributed by atoms with Crippen molar-refractivity contribution in [2.24, 2.45) is 0 Å². The molecule has 0 aliphatic heterocycles. The van der Waals surface area contributed by atoms with E-state index in [0.29, 0.717) is 13.2 Å². The van der Waals surface area contributed by atoms with Crippen molar-refractivity contribution in [1.82, 2.24) is 0 Å². The predicted octanol–water partition coefficient (Wildman–Crippen LogP) is 4.09. The number of rotatable bonds is 6. The number of hydrogen-bond donors (Lipinski definition) is 1. The highest BCUT2D eigenvalue weighted by atomic mass is 79.9. The largest absolute Gasteiger partial charge is 0.494 e. The van der Waals surface area contributed by atoms with Gasteiger partial charge in [-0.2, -0.15) is 0 Å². The van der Waals surface area contributed by atoms with Crippen molar-refractivity contribution in [3.63, 3.8) is 0 Å². The van der Waals surface area contributed by atoms with Crippen LogP contribution in [-0.4, -0.2) is 20.3 Å². The fourth-order valence-corrected chi connectivity index (χ4v) is 1.93. The molecule has 1 N–H and O–H groups in total. The number of ether oxygens (including phenoxy) is 2. The van der Waals surface area contributed by atoms with Crippen molar-refractivity contribution in [1.29, 1.82) is 0 Å². The number of hydrogen-bond acceptors (Lipinski definition) is 3. The van der Waals surface area contributed by atoms with Crippen LogP contribution in [0.5, 0.6) is 11.5 Å². The first-order chi connectivity index (χ1) is 9.69. The Morgan fingerprint density at radius 2 is 1.90 bits per heavy atom. The molecular weight excluding hydrogens is 325 g/mol. The van der Waals surface area contributed by atoms with Gasteiger partial charge in [0.15, 0.2) is 11.6 Å². The highest BCUT2D eigenvalue weighted by Crippen LogP contribution is 2.21. The zero-order valence-corrected chi connectivity index (χ0v) is 12.6. The molecule has 0 fully saturated rings. The number of halogens is 2. The maximum absolute atomic E-state index is 13.2. The zero-order valence-electron chi connectivity index (χ0n) is 11.0. The molecule has 0 atom stereocenters. The highest BCUT2D eigenvalue weighted by molar-refractivity contribution is 9.10. The Bertz CT molecular complexity index is 560. The van der Waals surface area contributed by atoms with Gasteiger partial charge >= 0.3 is 0 Å². The van der Waals surface area contributed by atoms with Gasteiger partial charge in [0, 0.05) is 22.8 Å². The molecule has 0 aliphatic rings. The van der Waals surface area contributed by atoms with Gasteiger partial charge in [-0.3, -0.25) is 0 Å². The van der Waals surface area contributed by atoms with Crippen LogP contribution in [0, 0.1) is 5.82 Å². The van der Waals surface area contributed by atoms with E-state index in [9.17, 15) is 4.39 Å². The summed E-state index contributed by atoms with van der Waals surface area (Å²) in [5, 5.41) is 3.15. The Kier molecular flexibility index (Phi) is 5.24. The molecule has 0 saturated carbocycles. The minimum atomic E-state index is -0.371. The van der Waals surface area contributed by atoms with Crippen LogP contribution in [0.4, 0.5) is 10.1 Å². The summed E-state index contributed by atoms with van der Waals surface area (Å²) in [7, 11) is 1.44. The second-order valence-corrected chi connectivity index (χ2v) is 4.99. The van der Waals surface area contributed by atoms with Crippen molar-refractivity contribution < 1.29 is 13.9 Å². The third-order valence-corrected chi connectivity index (χ3v) is 3.19. The average Bonchev–Trinajstić information content (AvgIpc) is 2.47. The Morgan fingerprint density at radius 3 is 2.60 bits per heavy atom. The highest BCUT2D eigenvalue weighted by Gasteiger charge is 2.02. The van der Waals surface area contributed by atoms with Crippen LogP contribution < -0.4 is 14.8 Å². The summed E-state index contributed by atoms with van der Waals surface area (Å²) in [6.45, 7) is 1.13. The number of methoxy groups -OCH3 is 1. The summed E-state index contributed by atoms with van der Waals surface area (Å²) in [6, 6.07) is 12.3. The SMILES string of the molecule is COc1cc(NCCOc2ccc(Br)cc2)ccc1F. The third-order valence-electron chi connectivity index (χ3n) is 2.66. The molecule has 2 rings (SSSR count). The van der Waals surface area contributed by atoms with E-state index in [2.05, 4.69) is 21.2 Å². The molecule has 2 aromatic rings. The molecule has 106 valence electrons. The summed E-state index contributed by atoms with van der Waals surface area (Å²) in [6.07, 6.45) is 0. The van der Waals surface area contributed by atoms with Gasteiger partial charge in [0.25, 0.3) is 0 Å². The summed E-state index contributed by atoms with van der Waals surface area (Å²) >= 11 is 3.37. The van der Waals surface area contributed by atoms with Crippen molar-refractivity contribution in [2.45, 2.75) is 0 Å². The topological polar surface area (TPSA) is 30.5 Å². The van der Waals surface area contributed by atoms with Gasteiger partial charge in [0.2, 0.25) is 0 Å². The minimum Gasteiger partial charge on any atom is -0.494 e. The van der Waals surface area contributed by atoms with E-state index in [1.807, 2.05) is 24.3 Å². The van der Waals surface area contributed by atoms with Crippen molar-refractivity contribution >= 4 is 21.6 Å². The maximum Gasteiger partial charge on any atom is 0.165 e. The van der Waals surface area contributed by atoms with E-state index in [1.54, 1.807) is 12.1 Å². The first kappa shape index (κ1) is 14.7. The molecular formula is C15H15BrFNO2. The lowest BCUT2D eigenvalue weighted by Crippen LogP contribution is -2.11. The van der Waals surface area contributed by atoms with Gasteiger partial charge in [-0.15, -0.1) is 0 Å². The van der Waals surface area contributed by atoms with Crippen LogP contribution >= 0.6 is 15.9 Å². The lowest BCUT2D eigenvalue weighted by molar-refractivity contribution is 0.333. The molecule has 0 radical (unpaired) electrons. The van der Waals surface area contributed by atoms with E-state index in [-0.39, 0.29) is 11.6 Å². The second-order valence-electron chi connectivity index (χ2n) is 4.08. The fraction of sp³-hybridized carbons (Fsp3) is 0.200. The van der Waals surface area contributed by atoms with Gasteiger partial charge in [-0.1, -0.05) is 15.9 Å². The molecule has 3 nitrogen and oxygen atoms in total. The molecule has 20 heavy (non-hydrogen) atoms. The molecule has 5 heteroatoms. The number of anilines is 1. The first-order valence-electron chi connectivity index (χ1n) is 6.15. The van der Waals surface area contributed by atoms with E-state index in [4.69, 9.17) is 9.47 Å². The standard InChI is InChI=1S/C15H15BrFNO2/c1-19-15-10-12(4-7-14(15)17)18-8-9-20-13-5-2-11(16)3-6-13/h2-7,10,18H,8-9H2,1H3. The second kappa shape index (κ2) is 7.14.